The van der Waals surface area contributed by atoms with Gasteiger partial charge in [0.1, 0.15) is 11.4 Å². The average molecular weight is 252 g/mol. The maximum atomic E-state index is 10.9. The molecule has 0 N–H and O–H groups in total. The van der Waals surface area contributed by atoms with Gasteiger partial charge < -0.3 is 9.15 Å². The van der Waals surface area contributed by atoms with E-state index in [9.17, 15) is 4.79 Å². The van der Waals surface area contributed by atoms with Crippen molar-refractivity contribution >= 4 is 17.9 Å². The zero-order valence-electron chi connectivity index (χ0n) is 9.36. The van der Waals surface area contributed by atoms with Crippen LogP contribution in [0.2, 0.25) is 5.02 Å². The summed E-state index contributed by atoms with van der Waals surface area (Å²) in [5.41, 5.74) is 1.08. The Hall–Kier alpha value is -1.81. The van der Waals surface area contributed by atoms with Crippen LogP contribution in [0.15, 0.2) is 22.6 Å². The number of aryl methyl sites for hydroxylation is 1. The Labute approximate surface area is 103 Å². The van der Waals surface area contributed by atoms with E-state index in [1.165, 1.54) is 0 Å². The lowest BCUT2D eigenvalue weighted by Gasteiger charge is -2.06. The lowest BCUT2D eigenvalue weighted by molar-refractivity contribution is 0.110. The molecule has 0 atom stereocenters. The summed E-state index contributed by atoms with van der Waals surface area (Å²) in [6, 6.07) is 5.11. The van der Waals surface area contributed by atoms with Crippen LogP contribution in [0.5, 0.6) is 5.75 Å². The first kappa shape index (κ1) is 11.7. The van der Waals surface area contributed by atoms with Gasteiger partial charge in [-0.1, -0.05) is 11.6 Å². The number of carbonyl (C=O) groups excluding carboxylic acids is 1. The number of rotatable bonds is 3. The second-order valence-corrected chi connectivity index (χ2v) is 3.84. The van der Waals surface area contributed by atoms with E-state index in [4.69, 9.17) is 20.8 Å². The van der Waals surface area contributed by atoms with Crippen LogP contribution in [0, 0.1) is 6.92 Å². The zero-order chi connectivity index (χ0) is 12.4. The van der Waals surface area contributed by atoms with Crippen molar-refractivity contribution in [1.82, 2.24) is 4.98 Å². The number of oxazole rings is 1. The number of aromatic nitrogens is 1. The lowest BCUT2D eigenvalue weighted by atomic mass is 10.1. The molecule has 0 bridgehead atoms. The van der Waals surface area contributed by atoms with E-state index >= 15 is 0 Å². The van der Waals surface area contributed by atoms with Crippen LogP contribution in [0.1, 0.15) is 16.4 Å². The van der Waals surface area contributed by atoms with Gasteiger partial charge in [0, 0.05) is 17.5 Å². The largest absolute Gasteiger partial charge is 0.496 e. The van der Waals surface area contributed by atoms with Crippen LogP contribution in [-0.4, -0.2) is 18.4 Å². The highest BCUT2D eigenvalue weighted by Crippen LogP contribution is 2.33. The number of hydrogen-bond donors (Lipinski definition) is 0. The van der Waals surface area contributed by atoms with Gasteiger partial charge in [0.2, 0.25) is 0 Å². The average Bonchev–Trinajstić information content (AvgIpc) is 2.70. The van der Waals surface area contributed by atoms with Crippen LogP contribution < -0.4 is 4.74 Å². The molecule has 88 valence electrons. The minimum atomic E-state index is 0.170. The molecule has 0 aliphatic heterocycles. The number of nitrogens with zero attached hydrogens (tertiary/aromatic N) is 1. The molecule has 0 saturated carbocycles. The second kappa shape index (κ2) is 4.59. The Kier molecular flexibility index (Phi) is 3.15. The zero-order valence-corrected chi connectivity index (χ0v) is 10.1. The minimum absolute atomic E-state index is 0.170. The first-order valence-electron chi connectivity index (χ1n) is 4.92. The van der Waals surface area contributed by atoms with Crippen LogP contribution in [0.4, 0.5) is 0 Å². The van der Waals surface area contributed by atoms with E-state index in [0.717, 1.165) is 0 Å². The number of carbonyl (C=O) groups is 1. The summed E-state index contributed by atoms with van der Waals surface area (Å²) in [7, 11) is 1.54. The number of ether oxygens (including phenoxy) is 1. The molecule has 0 aliphatic carbocycles. The summed E-state index contributed by atoms with van der Waals surface area (Å²) >= 11 is 5.92. The van der Waals surface area contributed by atoms with Gasteiger partial charge in [0.15, 0.2) is 17.9 Å². The van der Waals surface area contributed by atoms with Crippen molar-refractivity contribution in [2.24, 2.45) is 0 Å². The van der Waals surface area contributed by atoms with Crippen LogP contribution in [0.3, 0.4) is 0 Å². The van der Waals surface area contributed by atoms with Gasteiger partial charge >= 0.3 is 0 Å². The highest BCUT2D eigenvalue weighted by Gasteiger charge is 2.16. The van der Waals surface area contributed by atoms with Crippen molar-refractivity contribution in [3.63, 3.8) is 0 Å². The lowest BCUT2D eigenvalue weighted by Crippen LogP contribution is -1.90. The Morgan fingerprint density at radius 2 is 2.24 bits per heavy atom. The predicted molar refractivity (Wildman–Crippen MR) is 63.6 cm³/mol. The number of benzene rings is 1. The monoisotopic (exact) mass is 251 g/mol. The Balaban J connectivity index is 2.65. The summed E-state index contributed by atoms with van der Waals surface area (Å²) in [5.74, 6) is 1.18. The van der Waals surface area contributed by atoms with E-state index < -0.39 is 0 Å². The van der Waals surface area contributed by atoms with E-state index in [1.807, 2.05) is 0 Å². The molecular weight excluding hydrogens is 242 g/mol. The number of halogens is 1. The molecule has 0 fully saturated rings. The summed E-state index contributed by atoms with van der Waals surface area (Å²) in [6.07, 6.45) is 0.621. The molecule has 0 amide bonds. The van der Waals surface area contributed by atoms with Crippen molar-refractivity contribution < 1.29 is 13.9 Å². The first-order chi connectivity index (χ1) is 8.15. The van der Waals surface area contributed by atoms with Gasteiger partial charge in [0.05, 0.1) is 7.11 Å². The van der Waals surface area contributed by atoms with E-state index in [2.05, 4.69) is 4.98 Å². The minimum Gasteiger partial charge on any atom is -0.496 e. The van der Waals surface area contributed by atoms with E-state index in [0.29, 0.717) is 34.2 Å². The van der Waals surface area contributed by atoms with Crippen molar-refractivity contribution in [2.75, 3.05) is 7.11 Å². The molecule has 0 saturated heterocycles. The SMILES string of the molecule is COc1ccc(Cl)cc1-c1nc(C)oc1C=O. The summed E-state index contributed by atoms with van der Waals surface area (Å²) in [6.45, 7) is 1.67. The molecule has 1 aromatic carbocycles. The third kappa shape index (κ3) is 2.17. The third-order valence-corrected chi connectivity index (χ3v) is 2.52. The van der Waals surface area contributed by atoms with Crippen molar-refractivity contribution in [2.45, 2.75) is 6.92 Å². The Morgan fingerprint density at radius 1 is 1.47 bits per heavy atom. The van der Waals surface area contributed by atoms with Crippen LogP contribution in [0.25, 0.3) is 11.3 Å². The molecule has 1 aromatic heterocycles. The van der Waals surface area contributed by atoms with Crippen molar-refractivity contribution in [1.29, 1.82) is 0 Å². The standard InChI is InChI=1S/C12H10ClNO3/c1-7-14-12(11(6-15)17-7)9-5-8(13)3-4-10(9)16-2/h3-6H,1-2H3. The molecule has 0 spiro atoms. The van der Waals surface area contributed by atoms with Gasteiger partial charge in [0.25, 0.3) is 0 Å². The third-order valence-electron chi connectivity index (χ3n) is 2.28. The fourth-order valence-electron chi connectivity index (χ4n) is 1.58. The van der Waals surface area contributed by atoms with Crippen LogP contribution in [-0.2, 0) is 0 Å². The normalized spacial score (nSPS) is 10.3. The van der Waals surface area contributed by atoms with Gasteiger partial charge in [-0.25, -0.2) is 4.98 Å². The topological polar surface area (TPSA) is 52.3 Å². The molecule has 1 heterocycles. The first-order valence-corrected chi connectivity index (χ1v) is 5.30. The Bertz CT molecular complexity index is 563. The molecule has 0 aliphatic rings. The molecule has 0 radical (unpaired) electrons. The second-order valence-electron chi connectivity index (χ2n) is 3.41. The Morgan fingerprint density at radius 3 is 2.88 bits per heavy atom. The molecule has 2 aromatic rings. The molecule has 2 rings (SSSR count). The predicted octanol–water partition coefficient (Wildman–Crippen LogP) is 3.12. The number of hydrogen-bond acceptors (Lipinski definition) is 4. The highest BCUT2D eigenvalue weighted by atomic mass is 35.5. The number of aldehydes is 1. The molecule has 17 heavy (non-hydrogen) atoms. The molecule has 0 unspecified atom stereocenters. The summed E-state index contributed by atoms with van der Waals surface area (Å²) < 4.78 is 10.4. The quantitative estimate of drug-likeness (QED) is 0.787. The van der Waals surface area contributed by atoms with Gasteiger partial charge in [-0.2, -0.15) is 0 Å². The summed E-state index contributed by atoms with van der Waals surface area (Å²) in [5, 5.41) is 0.540. The van der Waals surface area contributed by atoms with E-state index in [1.54, 1.807) is 32.2 Å². The van der Waals surface area contributed by atoms with Gasteiger partial charge in [-0.15, -0.1) is 0 Å². The van der Waals surface area contributed by atoms with Crippen LogP contribution >= 0.6 is 11.6 Å². The summed E-state index contributed by atoms with van der Waals surface area (Å²) in [4.78, 5) is 15.1. The van der Waals surface area contributed by atoms with Gasteiger partial charge in [-0.05, 0) is 18.2 Å². The molecule has 5 heteroatoms. The molecular formula is C12H10ClNO3. The highest BCUT2D eigenvalue weighted by molar-refractivity contribution is 6.31. The number of methoxy groups -OCH3 is 1. The fraction of sp³-hybridized carbons (Fsp3) is 0.167. The van der Waals surface area contributed by atoms with Gasteiger partial charge in [-0.3, -0.25) is 4.79 Å². The fourth-order valence-corrected chi connectivity index (χ4v) is 1.75. The molecule has 4 nitrogen and oxygen atoms in total. The maximum Gasteiger partial charge on any atom is 0.195 e. The van der Waals surface area contributed by atoms with Crippen molar-refractivity contribution in [3.05, 3.63) is 34.9 Å². The van der Waals surface area contributed by atoms with Crippen molar-refractivity contribution in [3.8, 4) is 17.0 Å². The smallest absolute Gasteiger partial charge is 0.195 e. The van der Waals surface area contributed by atoms with E-state index in [-0.39, 0.29) is 5.76 Å². The maximum absolute atomic E-state index is 10.9.